The highest BCUT2D eigenvalue weighted by atomic mass is 32.1. The van der Waals surface area contributed by atoms with Crippen molar-refractivity contribution < 1.29 is 19.4 Å². The van der Waals surface area contributed by atoms with E-state index in [-0.39, 0.29) is 12.6 Å². The first kappa shape index (κ1) is 20.9. The van der Waals surface area contributed by atoms with Gasteiger partial charge in [-0.1, -0.05) is 6.07 Å². The number of benzene rings is 1. The number of carbonyl (C=O) groups excluding carboxylic acids is 1. The van der Waals surface area contributed by atoms with Gasteiger partial charge in [0.05, 0.1) is 18.8 Å². The second-order valence-electron chi connectivity index (χ2n) is 7.04. The molecule has 3 heterocycles. The van der Waals surface area contributed by atoms with E-state index in [1.54, 1.807) is 24.4 Å². The van der Waals surface area contributed by atoms with Crippen molar-refractivity contribution in [3.8, 4) is 22.5 Å². The number of rotatable bonds is 7. The van der Waals surface area contributed by atoms with Crippen LogP contribution in [0.25, 0.3) is 10.7 Å². The third kappa shape index (κ3) is 4.14. The van der Waals surface area contributed by atoms with E-state index in [0.29, 0.717) is 35.7 Å². The number of carbonyl (C=O) groups is 1. The van der Waals surface area contributed by atoms with Crippen LogP contribution in [0.15, 0.2) is 30.6 Å². The maximum absolute atomic E-state index is 11.7. The Labute approximate surface area is 183 Å². The quantitative estimate of drug-likeness (QED) is 0.543. The van der Waals surface area contributed by atoms with Crippen LogP contribution in [0.5, 0.6) is 5.75 Å². The highest BCUT2D eigenvalue weighted by Crippen LogP contribution is 2.30. The number of thiazole rings is 1. The maximum Gasteiger partial charge on any atom is 0.338 e. The number of pyridine rings is 1. The van der Waals surface area contributed by atoms with Gasteiger partial charge in [0, 0.05) is 42.0 Å². The first-order valence-electron chi connectivity index (χ1n) is 9.59. The van der Waals surface area contributed by atoms with Crippen molar-refractivity contribution in [2.24, 2.45) is 0 Å². The van der Waals surface area contributed by atoms with Gasteiger partial charge in [0.15, 0.2) is 0 Å². The fraction of sp³-hybridized carbons (Fsp3) is 0.273. The largest absolute Gasteiger partial charge is 0.495 e. The molecule has 0 aliphatic carbocycles. The van der Waals surface area contributed by atoms with E-state index in [0.717, 1.165) is 26.6 Å². The van der Waals surface area contributed by atoms with Gasteiger partial charge >= 0.3 is 5.97 Å². The second-order valence-corrected chi connectivity index (χ2v) is 8.16. The minimum Gasteiger partial charge on any atom is -0.495 e. The Kier molecular flexibility index (Phi) is 5.95. The first-order chi connectivity index (χ1) is 15.0. The van der Waals surface area contributed by atoms with E-state index < -0.39 is 6.10 Å². The lowest BCUT2D eigenvalue weighted by atomic mass is 9.95. The van der Waals surface area contributed by atoms with E-state index in [4.69, 9.17) is 14.7 Å². The lowest BCUT2D eigenvalue weighted by Gasteiger charge is -2.16. The average molecular weight is 436 g/mol. The zero-order chi connectivity index (χ0) is 22.0. The van der Waals surface area contributed by atoms with Crippen LogP contribution in [-0.2, 0) is 17.9 Å². The molecule has 2 N–H and O–H groups in total. The number of ether oxygens (including phenoxy) is 2. The summed E-state index contributed by atoms with van der Waals surface area (Å²) >= 11 is 1.48. The number of nitrogens with zero attached hydrogens (tertiary/aromatic N) is 3. The summed E-state index contributed by atoms with van der Waals surface area (Å²) in [6, 6.07) is 7.23. The molecule has 0 saturated carbocycles. The van der Waals surface area contributed by atoms with Crippen molar-refractivity contribution >= 4 is 17.3 Å². The molecule has 4 rings (SSSR count). The minimum absolute atomic E-state index is 0.256. The van der Waals surface area contributed by atoms with Crippen LogP contribution in [-0.4, -0.2) is 34.7 Å². The van der Waals surface area contributed by atoms with Crippen LogP contribution in [0.1, 0.15) is 43.6 Å². The Balaban J connectivity index is 1.39. The Morgan fingerprint density at radius 2 is 2.23 bits per heavy atom. The molecular weight excluding hydrogens is 416 g/mol. The number of aromatic nitrogens is 2. The summed E-state index contributed by atoms with van der Waals surface area (Å²) in [5, 5.41) is 23.7. The first-order valence-corrected chi connectivity index (χ1v) is 10.4. The van der Waals surface area contributed by atoms with Crippen LogP contribution in [0, 0.1) is 18.3 Å². The van der Waals surface area contributed by atoms with Gasteiger partial charge in [0.1, 0.15) is 34.7 Å². The van der Waals surface area contributed by atoms with Crippen LogP contribution < -0.4 is 10.1 Å². The number of esters is 1. The van der Waals surface area contributed by atoms with Crippen molar-refractivity contribution in [3.05, 3.63) is 63.3 Å². The van der Waals surface area contributed by atoms with E-state index >= 15 is 0 Å². The van der Waals surface area contributed by atoms with Gasteiger partial charge < -0.3 is 19.9 Å². The molecule has 0 amide bonds. The monoisotopic (exact) mass is 436 g/mol. The maximum atomic E-state index is 11.7. The third-order valence-electron chi connectivity index (χ3n) is 5.18. The van der Waals surface area contributed by atoms with Crippen molar-refractivity contribution in [2.45, 2.75) is 26.2 Å². The van der Waals surface area contributed by atoms with Gasteiger partial charge in [0.25, 0.3) is 0 Å². The number of nitrogens with one attached hydrogen (secondary N) is 1. The average Bonchev–Trinajstić information content (AvgIpc) is 3.41. The molecule has 0 spiro atoms. The summed E-state index contributed by atoms with van der Waals surface area (Å²) in [4.78, 5) is 21.3. The molecule has 1 aliphatic rings. The number of hydrogen-bond acceptors (Lipinski definition) is 9. The van der Waals surface area contributed by atoms with Crippen molar-refractivity contribution in [1.82, 2.24) is 15.3 Å². The minimum atomic E-state index is -0.710. The Hall–Kier alpha value is -3.32. The molecule has 1 aromatic carbocycles. The highest BCUT2D eigenvalue weighted by molar-refractivity contribution is 7.15. The number of nitriles is 1. The molecular formula is C22H20N4O4S. The summed E-state index contributed by atoms with van der Waals surface area (Å²) in [7, 11) is 1.51. The standard InChI is InChI=1S/C22H20N4O4S/c1-12-15(3-4-16-17(12)11-30-22(16)28)19(27)10-24-8-14-9-26-21(31-14)18-5-20(29-2)13(6-23)7-25-18/h3-5,7,9,19,24,27H,8,10-11H2,1-2H3. The number of methoxy groups -OCH3 is 1. The number of cyclic esters (lactones) is 1. The number of aliphatic hydroxyl groups excluding tert-OH is 1. The Morgan fingerprint density at radius 1 is 1.39 bits per heavy atom. The SMILES string of the molecule is COc1cc(-c2ncc(CNCC(O)c3ccc4c(c3C)COC4=O)s2)ncc1C#N. The second kappa shape index (κ2) is 8.81. The van der Waals surface area contributed by atoms with E-state index in [9.17, 15) is 9.90 Å². The van der Waals surface area contributed by atoms with Crippen LogP contribution in [0.4, 0.5) is 0 Å². The smallest absolute Gasteiger partial charge is 0.338 e. The lowest BCUT2D eigenvalue weighted by Crippen LogP contribution is -2.21. The Bertz CT molecular complexity index is 1180. The summed E-state index contributed by atoms with van der Waals surface area (Å²) in [6.07, 6.45) is 2.52. The molecule has 1 atom stereocenters. The Morgan fingerprint density at radius 3 is 3.00 bits per heavy atom. The number of fused-ring (bicyclic) bond motifs is 1. The van der Waals surface area contributed by atoms with Crippen molar-refractivity contribution in [3.63, 3.8) is 0 Å². The predicted octanol–water partition coefficient (Wildman–Crippen LogP) is 2.89. The van der Waals surface area contributed by atoms with Gasteiger partial charge in [0.2, 0.25) is 0 Å². The molecule has 0 radical (unpaired) electrons. The molecule has 0 fully saturated rings. The van der Waals surface area contributed by atoms with Crippen LogP contribution in [0.3, 0.4) is 0 Å². The zero-order valence-corrected chi connectivity index (χ0v) is 17.8. The van der Waals surface area contributed by atoms with Gasteiger partial charge in [-0.25, -0.2) is 9.78 Å². The molecule has 0 bridgehead atoms. The summed E-state index contributed by atoms with van der Waals surface area (Å²) in [5.74, 6) is 0.148. The molecule has 3 aromatic rings. The fourth-order valence-electron chi connectivity index (χ4n) is 3.49. The topological polar surface area (TPSA) is 117 Å². The fourth-order valence-corrected chi connectivity index (χ4v) is 4.33. The van der Waals surface area contributed by atoms with Crippen molar-refractivity contribution in [2.75, 3.05) is 13.7 Å². The number of aliphatic hydroxyl groups is 1. The third-order valence-corrected chi connectivity index (χ3v) is 6.20. The molecule has 158 valence electrons. The molecule has 2 aromatic heterocycles. The molecule has 1 aliphatic heterocycles. The molecule has 31 heavy (non-hydrogen) atoms. The van der Waals surface area contributed by atoms with Gasteiger partial charge in [-0.3, -0.25) is 4.98 Å². The molecule has 8 nitrogen and oxygen atoms in total. The van der Waals surface area contributed by atoms with Gasteiger partial charge in [-0.2, -0.15) is 5.26 Å². The molecule has 0 saturated heterocycles. The van der Waals surface area contributed by atoms with Crippen LogP contribution >= 0.6 is 11.3 Å². The van der Waals surface area contributed by atoms with Crippen molar-refractivity contribution in [1.29, 1.82) is 5.26 Å². The summed E-state index contributed by atoms with van der Waals surface area (Å²) < 4.78 is 10.3. The zero-order valence-electron chi connectivity index (χ0n) is 17.0. The van der Waals surface area contributed by atoms with E-state index in [1.165, 1.54) is 24.6 Å². The van der Waals surface area contributed by atoms with Crippen LogP contribution in [0.2, 0.25) is 0 Å². The molecule has 9 heteroatoms. The highest BCUT2D eigenvalue weighted by Gasteiger charge is 2.25. The van der Waals surface area contributed by atoms with Gasteiger partial charge in [-0.15, -0.1) is 11.3 Å². The lowest BCUT2D eigenvalue weighted by molar-refractivity contribution is 0.0535. The van der Waals surface area contributed by atoms with E-state index in [2.05, 4.69) is 15.3 Å². The predicted molar refractivity (Wildman–Crippen MR) is 114 cm³/mol. The van der Waals surface area contributed by atoms with E-state index in [1.807, 2.05) is 13.0 Å². The molecule has 1 unspecified atom stereocenters. The number of hydrogen-bond donors (Lipinski definition) is 2. The summed E-state index contributed by atoms with van der Waals surface area (Å²) in [5.41, 5.74) is 4.10. The summed E-state index contributed by atoms with van der Waals surface area (Å²) in [6.45, 7) is 3.04. The van der Waals surface area contributed by atoms with Gasteiger partial charge in [-0.05, 0) is 24.1 Å². The normalized spacial score (nSPS) is 13.4.